The first-order valence-electron chi connectivity index (χ1n) is 7.01. The minimum Gasteiger partial charge on any atom is -0.454 e. The molecule has 0 saturated carbocycles. The predicted octanol–water partition coefficient (Wildman–Crippen LogP) is 3.31. The van der Waals surface area contributed by atoms with Gasteiger partial charge < -0.3 is 14.8 Å². The summed E-state index contributed by atoms with van der Waals surface area (Å²) in [6.07, 6.45) is -3.80. The standard InChI is InChI=1S/C15H14F3N3O2/c16-15(17,18)5-3-11-4-6-19-14(21-11)20-8-10-1-2-12-13(7-10)23-9-22-12/h1-2,4,6-7H,3,5,8-9H2,(H,19,20,21). The summed E-state index contributed by atoms with van der Waals surface area (Å²) in [5.74, 6) is 1.66. The van der Waals surface area contributed by atoms with Gasteiger partial charge in [0.25, 0.3) is 0 Å². The molecule has 2 heterocycles. The van der Waals surface area contributed by atoms with Crippen LogP contribution in [0.25, 0.3) is 0 Å². The van der Waals surface area contributed by atoms with E-state index in [0.29, 0.717) is 29.7 Å². The van der Waals surface area contributed by atoms with Crippen LogP contribution in [0.1, 0.15) is 17.7 Å². The number of anilines is 1. The summed E-state index contributed by atoms with van der Waals surface area (Å²) < 4.78 is 47.2. The molecular weight excluding hydrogens is 311 g/mol. The summed E-state index contributed by atoms with van der Waals surface area (Å²) in [5.41, 5.74) is 1.28. The van der Waals surface area contributed by atoms with Crippen molar-refractivity contribution in [1.29, 1.82) is 0 Å². The third-order valence-electron chi connectivity index (χ3n) is 3.27. The van der Waals surface area contributed by atoms with Crippen molar-refractivity contribution < 1.29 is 22.6 Å². The molecule has 1 aliphatic rings. The Bertz CT molecular complexity index is 692. The van der Waals surface area contributed by atoms with E-state index < -0.39 is 12.6 Å². The van der Waals surface area contributed by atoms with Gasteiger partial charge in [0.2, 0.25) is 12.7 Å². The maximum absolute atomic E-state index is 12.2. The topological polar surface area (TPSA) is 56.3 Å². The Hall–Kier alpha value is -2.51. The summed E-state index contributed by atoms with van der Waals surface area (Å²) in [7, 11) is 0. The highest BCUT2D eigenvalue weighted by atomic mass is 19.4. The van der Waals surface area contributed by atoms with E-state index in [2.05, 4.69) is 15.3 Å². The number of nitrogens with zero attached hydrogens (tertiary/aromatic N) is 2. The zero-order valence-corrected chi connectivity index (χ0v) is 12.1. The zero-order valence-electron chi connectivity index (χ0n) is 12.1. The molecule has 5 nitrogen and oxygen atoms in total. The number of ether oxygens (including phenoxy) is 2. The third-order valence-corrected chi connectivity index (χ3v) is 3.27. The van der Waals surface area contributed by atoms with Crippen LogP contribution in [0.5, 0.6) is 11.5 Å². The van der Waals surface area contributed by atoms with E-state index in [1.54, 1.807) is 6.07 Å². The van der Waals surface area contributed by atoms with Crippen molar-refractivity contribution in [3.8, 4) is 11.5 Å². The van der Waals surface area contributed by atoms with Gasteiger partial charge in [-0.2, -0.15) is 13.2 Å². The molecule has 0 unspecified atom stereocenters. The number of halogens is 3. The molecule has 0 saturated heterocycles. The number of fused-ring (bicyclic) bond motifs is 1. The summed E-state index contributed by atoms with van der Waals surface area (Å²) in [4.78, 5) is 8.10. The molecule has 122 valence electrons. The number of hydrogen-bond donors (Lipinski definition) is 1. The average Bonchev–Trinajstić information content (AvgIpc) is 2.98. The Kier molecular flexibility index (Phi) is 4.22. The van der Waals surface area contributed by atoms with E-state index in [1.807, 2.05) is 12.1 Å². The van der Waals surface area contributed by atoms with Gasteiger partial charge in [0.1, 0.15) is 0 Å². The van der Waals surface area contributed by atoms with Crippen molar-refractivity contribution in [1.82, 2.24) is 9.97 Å². The van der Waals surface area contributed by atoms with Crippen LogP contribution in [0.15, 0.2) is 30.5 Å². The van der Waals surface area contributed by atoms with E-state index in [1.165, 1.54) is 12.3 Å². The Morgan fingerprint density at radius 1 is 1.13 bits per heavy atom. The SMILES string of the molecule is FC(F)(F)CCc1ccnc(NCc2ccc3c(c2)OCO3)n1. The molecule has 1 aromatic carbocycles. The number of benzene rings is 1. The summed E-state index contributed by atoms with van der Waals surface area (Å²) in [5, 5.41) is 2.99. The molecule has 3 rings (SSSR count). The van der Waals surface area contributed by atoms with Crippen molar-refractivity contribution in [3.63, 3.8) is 0 Å². The number of hydrogen-bond acceptors (Lipinski definition) is 5. The fraction of sp³-hybridized carbons (Fsp3) is 0.333. The molecule has 0 amide bonds. The monoisotopic (exact) mass is 325 g/mol. The Labute approximate surface area is 130 Å². The number of rotatable bonds is 5. The van der Waals surface area contributed by atoms with E-state index >= 15 is 0 Å². The van der Waals surface area contributed by atoms with Gasteiger partial charge in [0, 0.05) is 24.9 Å². The van der Waals surface area contributed by atoms with Crippen molar-refractivity contribution in [3.05, 3.63) is 41.7 Å². The van der Waals surface area contributed by atoms with Gasteiger partial charge in [-0.1, -0.05) is 6.07 Å². The second kappa shape index (κ2) is 6.31. The smallest absolute Gasteiger partial charge is 0.389 e. The van der Waals surface area contributed by atoms with Gasteiger partial charge in [-0.3, -0.25) is 0 Å². The Morgan fingerprint density at radius 3 is 2.78 bits per heavy atom. The second-order valence-corrected chi connectivity index (χ2v) is 5.03. The lowest BCUT2D eigenvalue weighted by Gasteiger charge is -2.08. The number of aryl methyl sites for hydroxylation is 1. The molecule has 1 N–H and O–H groups in total. The highest BCUT2D eigenvalue weighted by Gasteiger charge is 2.26. The fourth-order valence-electron chi connectivity index (χ4n) is 2.12. The van der Waals surface area contributed by atoms with Gasteiger partial charge >= 0.3 is 6.18 Å². The molecule has 0 atom stereocenters. The number of aromatic nitrogens is 2. The first kappa shape index (κ1) is 15.4. The van der Waals surface area contributed by atoms with E-state index in [0.717, 1.165) is 5.56 Å². The predicted molar refractivity (Wildman–Crippen MR) is 76.3 cm³/mol. The molecule has 8 heteroatoms. The van der Waals surface area contributed by atoms with Crippen LogP contribution >= 0.6 is 0 Å². The minimum absolute atomic E-state index is 0.162. The van der Waals surface area contributed by atoms with Gasteiger partial charge in [0.05, 0.1) is 0 Å². The van der Waals surface area contributed by atoms with Crippen LogP contribution in [0.3, 0.4) is 0 Å². The molecule has 0 bridgehead atoms. The first-order chi connectivity index (χ1) is 11.0. The molecule has 0 spiro atoms. The summed E-state index contributed by atoms with van der Waals surface area (Å²) >= 11 is 0. The fourth-order valence-corrected chi connectivity index (χ4v) is 2.12. The van der Waals surface area contributed by atoms with E-state index in [-0.39, 0.29) is 13.2 Å². The minimum atomic E-state index is -4.19. The molecule has 23 heavy (non-hydrogen) atoms. The lowest BCUT2D eigenvalue weighted by molar-refractivity contribution is -0.134. The van der Waals surface area contributed by atoms with Crippen molar-refractivity contribution in [2.75, 3.05) is 12.1 Å². The second-order valence-electron chi connectivity index (χ2n) is 5.03. The van der Waals surface area contributed by atoms with Crippen LogP contribution in [0, 0.1) is 0 Å². The lowest BCUT2D eigenvalue weighted by Crippen LogP contribution is -2.10. The quantitative estimate of drug-likeness (QED) is 0.914. The molecule has 1 aromatic heterocycles. The van der Waals surface area contributed by atoms with E-state index in [4.69, 9.17) is 9.47 Å². The third kappa shape index (κ3) is 4.24. The van der Waals surface area contributed by atoms with E-state index in [9.17, 15) is 13.2 Å². The molecule has 0 fully saturated rings. The van der Waals surface area contributed by atoms with Gasteiger partial charge in [-0.05, 0) is 30.2 Å². The Balaban J connectivity index is 1.60. The van der Waals surface area contributed by atoms with Gasteiger partial charge in [0.15, 0.2) is 11.5 Å². The highest BCUT2D eigenvalue weighted by Crippen LogP contribution is 2.32. The zero-order chi connectivity index (χ0) is 16.3. The maximum atomic E-state index is 12.2. The van der Waals surface area contributed by atoms with Crippen molar-refractivity contribution in [2.45, 2.75) is 25.6 Å². The van der Waals surface area contributed by atoms with Crippen molar-refractivity contribution >= 4 is 5.95 Å². The van der Waals surface area contributed by atoms with Gasteiger partial charge in [-0.15, -0.1) is 0 Å². The molecule has 1 aliphatic heterocycles. The van der Waals surface area contributed by atoms with Crippen LogP contribution in [0.4, 0.5) is 19.1 Å². The maximum Gasteiger partial charge on any atom is 0.389 e. The highest BCUT2D eigenvalue weighted by molar-refractivity contribution is 5.45. The van der Waals surface area contributed by atoms with Crippen LogP contribution in [-0.2, 0) is 13.0 Å². The number of nitrogens with one attached hydrogen (secondary N) is 1. The summed E-state index contributed by atoms with van der Waals surface area (Å²) in [6.45, 7) is 0.635. The Morgan fingerprint density at radius 2 is 1.96 bits per heavy atom. The van der Waals surface area contributed by atoms with Gasteiger partial charge in [-0.25, -0.2) is 9.97 Å². The molecular formula is C15H14F3N3O2. The number of alkyl halides is 3. The summed E-state index contributed by atoms with van der Waals surface area (Å²) in [6, 6.07) is 6.99. The molecule has 0 aliphatic carbocycles. The first-order valence-corrected chi connectivity index (χ1v) is 7.01. The van der Waals surface area contributed by atoms with Crippen molar-refractivity contribution in [2.24, 2.45) is 0 Å². The lowest BCUT2D eigenvalue weighted by atomic mass is 10.2. The average molecular weight is 325 g/mol. The van der Waals surface area contributed by atoms with Crippen LogP contribution in [-0.4, -0.2) is 22.9 Å². The largest absolute Gasteiger partial charge is 0.454 e. The van der Waals surface area contributed by atoms with Crippen LogP contribution in [0.2, 0.25) is 0 Å². The normalized spacial score (nSPS) is 13.2. The van der Waals surface area contributed by atoms with Crippen LogP contribution < -0.4 is 14.8 Å². The molecule has 2 aromatic rings. The molecule has 0 radical (unpaired) electrons.